The van der Waals surface area contributed by atoms with Crippen molar-refractivity contribution >= 4 is 87.9 Å². The zero-order valence-corrected chi connectivity index (χ0v) is 26.4. The SMILES string of the molecule is COC(=O)C1=C(Nc2ccc3ccc4cccc5ccc2c3c45)CC(C(=O)OC)=C(Nc2ccc3ccc4cccc5ccc2c3c45)C1. The van der Waals surface area contributed by atoms with Gasteiger partial charge in [-0.3, -0.25) is 0 Å². The zero-order chi connectivity index (χ0) is 32.5. The van der Waals surface area contributed by atoms with Crippen LogP contribution in [-0.2, 0) is 19.1 Å². The predicted molar refractivity (Wildman–Crippen MR) is 195 cm³/mol. The molecule has 0 fully saturated rings. The average Bonchev–Trinajstić information content (AvgIpc) is 3.13. The minimum absolute atomic E-state index is 0.160. The molecule has 0 atom stereocenters. The van der Waals surface area contributed by atoms with Crippen LogP contribution in [0, 0.1) is 0 Å². The van der Waals surface area contributed by atoms with Gasteiger partial charge in [0.15, 0.2) is 0 Å². The van der Waals surface area contributed by atoms with Crippen molar-refractivity contribution in [2.45, 2.75) is 12.8 Å². The van der Waals surface area contributed by atoms with Crippen LogP contribution in [0.3, 0.4) is 0 Å². The molecule has 0 aromatic heterocycles. The molecule has 8 aromatic rings. The van der Waals surface area contributed by atoms with Crippen molar-refractivity contribution in [1.82, 2.24) is 0 Å². The van der Waals surface area contributed by atoms with E-state index in [0.717, 1.165) is 43.7 Å². The Morgan fingerprint density at radius 3 is 1.17 bits per heavy atom. The van der Waals surface area contributed by atoms with Crippen LogP contribution >= 0.6 is 0 Å². The van der Waals surface area contributed by atoms with Crippen LogP contribution in [0.25, 0.3) is 64.6 Å². The molecule has 8 aromatic carbocycles. The summed E-state index contributed by atoms with van der Waals surface area (Å²) in [5.41, 5.74) is 3.83. The van der Waals surface area contributed by atoms with E-state index in [-0.39, 0.29) is 12.8 Å². The number of rotatable bonds is 6. The first-order valence-corrected chi connectivity index (χ1v) is 16.0. The normalized spacial score (nSPS) is 13.9. The monoisotopic (exact) mass is 626 g/mol. The molecule has 6 heteroatoms. The highest BCUT2D eigenvalue weighted by Gasteiger charge is 2.30. The van der Waals surface area contributed by atoms with E-state index in [0.29, 0.717) is 22.5 Å². The number of methoxy groups -OCH3 is 2. The van der Waals surface area contributed by atoms with Crippen LogP contribution in [0.15, 0.2) is 132 Å². The molecule has 0 spiro atoms. The van der Waals surface area contributed by atoms with Crippen molar-refractivity contribution in [3.8, 4) is 0 Å². The molecule has 9 rings (SSSR count). The summed E-state index contributed by atoms with van der Waals surface area (Å²) in [7, 11) is 2.77. The Hall–Kier alpha value is -6.14. The number of carbonyl (C=O) groups is 2. The zero-order valence-electron chi connectivity index (χ0n) is 26.4. The second-order valence-electron chi connectivity index (χ2n) is 12.4. The lowest BCUT2D eigenvalue weighted by Gasteiger charge is -2.27. The smallest absolute Gasteiger partial charge is 0.335 e. The van der Waals surface area contributed by atoms with E-state index >= 15 is 0 Å². The van der Waals surface area contributed by atoms with Gasteiger partial charge in [0.1, 0.15) is 0 Å². The highest BCUT2D eigenvalue weighted by Crippen LogP contribution is 2.42. The fourth-order valence-electron chi connectivity index (χ4n) is 7.67. The molecule has 0 aliphatic heterocycles. The van der Waals surface area contributed by atoms with Crippen LogP contribution < -0.4 is 10.6 Å². The minimum atomic E-state index is -0.450. The number of hydrogen-bond acceptors (Lipinski definition) is 6. The van der Waals surface area contributed by atoms with E-state index in [1.165, 1.54) is 46.5 Å². The van der Waals surface area contributed by atoms with E-state index in [9.17, 15) is 9.59 Å². The van der Waals surface area contributed by atoms with Gasteiger partial charge in [0.25, 0.3) is 0 Å². The molecular formula is C42H30N2O4. The molecule has 232 valence electrons. The van der Waals surface area contributed by atoms with Gasteiger partial charge in [-0.1, -0.05) is 97.1 Å². The Morgan fingerprint density at radius 2 is 0.792 bits per heavy atom. The van der Waals surface area contributed by atoms with Gasteiger partial charge in [-0.05, 0) is 66.0 Å². The molecule has 0 bridgehead atoms. The van der Waals surface area contributed by atoms with Crippen molar-refractivity contribution in [1.29, 1.82) is 0 Å². The van der Waals surface area contributed by atoms with Gasteiger partial charge in [-0.15, -0.1) is 0 Å². The van der Waals surface area contributed by atoms with Crippen molar-refractivity contribution in [3.63, 3.8) is 0 Å². The van der Waals surface area contributed by atoms with Gasteiger partial charge in [0.05, 0.1) is 25.4 Å². The summed E-state index contributed by atoms with van der Waals surface area (Å²) in [6.07, 6.45) is 0.320. The Bertz CT molecular complexity index is 2470. The molecule has 2 N–H and O–H groups in total. The summed E-state index contributed by atoms with van der Waals surface area (Å²) < 4.78 is 10.6. The number of esters is 2. The van der Waals surface area contributed by atoms with Gasteiger partial charge < -0.3 is 20.1 Å². The van der Waals surface area contributed by atoms with Crippen molar-refractivity contribution in [2.75, 3.05) is 24.9 Å². The number of anilines is 2. The lowest BCUT2D eigenvalue weighted by atomic mass is 9.90. The quantitative estimate of drug-likeness (QED) is 0.141. The van der Waals surface area contributed by atoms with Crippen molar-refractivity contribution in [3.05, 3.63) is 132 Å². The Balaban J connectivity index is 1.15. The Labute approximate surface area is 275 Å². The first-order valence-electron chi connectivity index (χ1n) is 16.0. The second-order valence-corrected chi connectivity index (χ2v) is 12.4. The summed E-state index contributed by atoms with van der Waals surface area (Å²) >= 11 is 0. The number of hydrogen-bond donors (Lipinski definition) is 2. The molecule has 6 nitrogen and oxygen atoms in total. The third-order valence-electron chi connectivity index (χ3n) is 9.93. The molecule has 0 unspecified atom stereocenters. The van der Waals surface area contributed by atoms with E-state index in [2.05, 4.69) is 108 Å². The van der Waals surface area contributed by atoms with E-state index in [4.69, 9.17) is 9.47 Å². The number of benzene rings is 8. The maximum absolute atomic E-state index is 13.4. The summed E-state index contributed by atoms with van der Waals surface area (Å²) in [4.78, 5) is 26.8. The molecule has 48 heavy (non-hydrogen) atoms. The second kappa shape index (κ2) is 10.7. The van der Waals surface area contributed by atoms with Crippen molar-refractivity contribution < 1.29 is 19.1 Å². The van der Waals surface area contributed by atoms with Crippen molar-refractivity contribution in [2.24, 2.45) is 0 Å². The molecular weight excluding hydrogens is 596 g/mol. The predicted octanol–water partition coefficient (Wildman–Crippen LogP) is 9.65. The summed E-state index contributed by atoms with van der Waals surface area (Å²) in [6, 6.07) is 38.0. The van der Waals surface area contributed by atoms with Gasteiger partial charge in [-0.2, -0.15) is 0 Å². The first-order chi connectivity index (χ1) is 23.5. The van der Waals surface area contributed by atoms with Crippen LogP contribution in [0.2, 0.25) is 0 Å². The van der Waals surface area contributed by atoms with E-state index in [1.54, 1.807) is 0 Å². The molecule has 0 saturated heterocycles. The number of allylic oxidation sites excluding steroid dienone is 2. The molecule has 0 radical (unpaired) electrons. The van der Waals surface area contributed by atoms with Crippen LogP contribution in [-0.4, -0.2) is 26.2 Å². The fourth-order valence-corrected chi connectivity index (χ4v) is 7.67. The van der Waals surface area contributed by atoms with Gasteiger partial charge >= 0.3 is 11.9 Å². The molecule has 0 heterocycles. The van der Waals surface area contributed by atoms with Gasteiger partial charge in [0, 0.05) is 46.4 Å². The van der Waals surface area contributed by atoms with Crippen LogP contribution in [0.5, 0.6) is 0 Å². The highest BCUT2D eigenvalue weighted by atomic mass is 16.5. The van der Waals surface area contributed by atoms with E-state index < -0.39 is 11.9 Å². The standard InChI is InChI=1S/C42H30N2O4/c1-47-41(45)31-21-36(44-34-20-16-28-12-10-24-6-4-8-26-14-18-30(34)40(28)38(24)26)32(42(46)48-2)22-35(31)43-33-19-15-27-11-9-23-5-3-7-25-13-17-29(33)39(27)37(23)25/h3-20,43-44H,21-22H2,1-2H3. The number of ether oxygens (including phenoxy) is 2. The third kappa shape index (κ3) is 4.19. The Kier molecular flexibility index (Phi) is 6.27. The largest absolute Gasteiger partial charge is 0.466 e. The van der Waals surface area contributed by atoms with Crippen LogP contribution in [0.4, 0.5) is 11.4 Å². The maximum Gasteiger partial charge on any atom is 0.335 e. The summed E-state index contributed by atoms with van der Waals surface area (Å²) in [5.74, 6) is -0.900. The van der Waals surface area contributed by atoms with E-state index in [1.807, 2.05) is 12.1 Å². The highest BCUT2D eigenvalue weighted by molar-refractivity contribution is 6.26. The number of nitrogens with one attached hydrogen (secondary N) is 2. The lowest BCUT2D eigenvalue weighted by molar-refractivity contribution is -0.137. The average molecular weight is 627 g/mol. The third-order valence-corrected chi connectivity index (χ3v) is 9.93. The maximum atomic E-state index is 13.4. The first kappa shape index (κ1) is 28.1. The number of carbonyl (C=O) groups excluding carboxylic acids is 2. The van der Waals surface area contributed by atoms with Crippen LogP contribution in [0.1, 0.15) is 12.8 Å². The molecule has 0 saturated carbocycles. The molecule has 0 amide bonds. The summed E-state index contributed by atoms with van der Waals surface area (Å²) in [5, 5.41) is 20.9. The molecule has 1 aliphatic rings. The Morgan fingerprint density at radius 1 is 0.458 bits per heavy atom. The minimum Gasteiger partial charge on any atom is -0.466 e. The summed E-state index contributed by atoms with van der Waals surface area (Å²) in [6.45, 7) is 0. The molecule has 1 aliphatic carbocycles. The lowest BCUT2D eigenvalue weighted by Crippen LogP contribution is -2.24. The van der Waals surface area contributed by atoms with Gasteiger partial charge in [-0.25, -0.2) is 9.59 Å². The topological polar surface area (TPSA) is 76.7 Å². The fraction of sp³-hybridized carbons (Fsp3) is 0.0952. The van der Waals surface area contributed by atoms with Gasteiger partial charge in [0.2, 0.25) is 0 Å².